The second-order valence-corrected chi connectivity index (χ2v) is 5.69. The summed E-state index contributed by atoms with van der Waals surface area (Å²) in [6.07, 6.45) is 1.08. The van der Waals surface area contributed by atoms with Gasteiger partial charge < -0.3 is 14.6 Å². The van der Waals surface area contributed by atoms with Crippen molar-refractivity contribution in [1.82, 2.24) is 5.43 Å². The highest BCUT2D eigenvalue weighted by atomic mass is 16.6. The van der Waals surface area contributed by atoms with Gasteiger partial charge in [0.05, 0.1) is 24.3 Å². The molecule has 0 fully saturated rings. The Kier molecular flexibility index (Phi) is 6.32. The summed E-state index contributed by atoms with van der Waals surface area (Å²) in [4.78, 5) is 22.1. The first-order valence-electron chi connectivity index (χ1n) is 7.89. The van der Waals surface area contributed by atoms with Crippen molar-refractivity contribution in [3.63, 3.8) is 0 Å². The van der Waals surface area contributed by atoms with Gasteiger partial charge in [0.2, 0.25) is 0 Å². The van der Waals surface area contributed by atoms with Gasteiger partial charge in [-0.25, -0.2) is 5.43 Å². The molecule has 0 aliphatic rings. The molecule has 0 aliphatic carbocycles. The van der Waals surface area contributed by atoms with Crippen LogP contribution in [0.2, 0.25) is 0 Å². The lowest BCUT2D eigenvalue weighted by Crippen LogP contribution is -2.24. The average Bonchev–Trinajstić information content (AvgIpc) is 2.62. The summed E-state index contributed by atoms with van der Waals surface area (Å²) in [5, 5.41) is 24.6. The molecule has 0 saturated heterocycles. The molecule has 9 heteroatoms. The fraction of sp³-hybridized carbons (Fsp3) is 0.222. The molecule has 0 spiro atoms. The smallest absolute Gasteiger partial charge is 0.277 e. The maximum Gasteiger partial charge on any atom is 0.277 e. The summed E-state index contributed by atoms with van der Waals surface area (Å²) in [6.45, 7) is 3.57. The number of carbonyl (C=O) groups excluding carboxylic acids is 1. The van der Waals surface area contributed by atoms with Crippen LogP contribution in [0.15, 0.2) is 35.4 Å². The van der Waals surface area contributed by atoms with Gasteiger partial charge in [-0.1, -0.05) is 17.7 Å². The zero-order valence-corrected chi connectivity index (χ0v) is 15.1. The number of amides is 1. The molecule has 0 saturated carbocycles. The lowest BCUT2D eigenvalue weighted by Gasteiger charge is -2.08. The van der Waals surface area contributed by atoms with Crippen molar-refractivity contribution in [2.24, 2.45) is 5.10 Å². The number of nitrogens with one attached hydrogen (secondary N) is 1. The minimum absolute atomic E-state index is 0.0247. The fourth-order valence-corrected chi connectivity index (χ4v) is 2.28. The summed E-state index contributed by atoms with van der Waals surface area (Å²) in [7, 11) is 1.27. The van der Waals surface area contributed by atoms with Crippen molar-refractivity contribution in [2.75, 3.05) is 13.7 Å². The second-order valence-electron chi connectivity index (χ2n) is 5.69. The predicted octanol–water partition coefficient (Wildman–Crippen LogP) is 2.45. The lowest BCUT2D eigenvalue weighted by atomic mass is 10.1. The molecule has 142 valence electrons. The maximum atomic E-state index is 11.8. The van der Waals surface area contributed by atoms with E-state index in [2.05, 4.69) is 10.5 Å². The van der Waals surface area contributed by atoms with Gasteiger partial charge >= 0.3 is 0 Å². The number of phenols is 1. The summed E-state index contributed by atoms with van der Waals surface area (Å²) in [6, 6.07) is 7.78. The number of rotatable bonds is 7. The van der Waals surface area contributed by atoms with Crippen LogP contribution in [-0.4, -0.2) is 35.9 Å². The SMILES string of the molecule is COc1cc([N+](=O)[O-])cc(C=NNC(=O)COc2ccc(C)cc2C)c1O. The van der Waals surface area contributed by atoms with Gasteiger partial charge in [0.25, 0.3) is 11.6 Å². The minimum atomic E-state index is -0.629. The highest BCUT2D eigenvalue weighted by Crippen LogP contribution is 2.33. The third-order valence-corrected chi connectivity index (χ3v) is 3.60. The number of non-ortho nitro benzene ring substituents is 1. The number of ether oxygens (including phenoxy) is 2. The predicted molar refractivity (Wildman–Crippen MR) is 98.5 cm³/mol. The Balaban J connectivity index is 2.01. The molecule has 2 aromatic rings. The highest BCUT2D eigenvalue weighted by Gasteiger charge is 2.15. The summed E-state index contributed by atoms with van der Waals surface area (Å²) < 4.78 is 10.3. The number of carbonyl (C=O) groups is 1. The zero-order chi connectivity index (χ0) is 20.0. The Morgan fingerprint density at radius 1 is 1.30 bits per heavy atom. The van der Waals surface area contributed by atoms with Crippen LogP contribution >= 0.6 is 0 Å². The molecule has 0 atom stereocenters. The van der Waals surface area contributed by atoms with E-state index in [0.717, 1.165) is 29.5 Å². The van der Waals surface area contributed by atoms with Gasteiger partial charge in [0.15, 0.2) is 18.1 Å². The molecular formula is C18H19N3O6. The molecule has 2 rings (SSSR count). The number of nitro benzene ring substituents is 1. The van der Waals surface area contributed by atoms with Gasteiger partial charge in [-0.3, -0.25) is 14.9 Å². The van der Waals surface area contributed by atoms with Gasteiger partial charge in [-0.05, 0) is 25.5 Å². The summed E-state index contributed by atoms with van der Waals surface area (Å²) in [5.41, 5.74) is 3.96. The van der Waals surface area contributed by atoms with E-state index in [1.165, 1.54) is 7.11 Å². The van der Waals surface area contributed by atoms with Crippen LogP contribution < -0.4 is 14.9 Å². The van der Waals surface area contributed by atoms with Crippen molar-refractivity contribution < 1.29 is 24.3 Å². The van der Waals surface area contributed by atoms with E-state index in [9.17, 15) is 20.0 Å². The first-order valence-corrected chi connectivity index (χ1v) is 7.89. The molecule has 2 N–H and O–H groups in total. The van der Waals surface area contributed by atoms with E-state index in [0.29, 0.717) is 5.75 Å². The van der Waals surface area contributed by atoms with Crippen LogP contribution in [-0.2, 0) is 4.79 Å². The standard InChI is InChI=1S/C18H19N3O6/c1-11-4-5-15(12(2)6-11)27-10-17(22)20-19-9-13-7-14(21(24)25)8-16(26-3)18(13)23/h4-9,23H,10H2,1-3H3,(H,20,22). The van der Waals surface area contributed by atoms with Crippen molar-refractivity contribution in [3.05, 3.63) is 57.1 Å². The Hall–Kier alpha value is -3.62. The van der Waals surface area contributed by atoms with Crippen molar-refractivity contribution in [1.29, 1.82) is 0 Å². The number of nitro groups is 1. The van der Waals surface area contributed by atoms with E-state index in [4.69, 9.17) is 9.47 Å². The number of nitrogens with zero attached hydrogens (tertiary/aromatic N) is 2. The van der Waals surface area contributed by atoms with Crippen molar-refractivity contribution in [3.8, 4) is 17.2 Å². The number of aryl methyl sites for hydroxylation is 2. The normalized spacial score (nSPS) is 10.6. The van der Waals surface area contributed by atoms with Gasteiger partial charge in [-0.15, -0.1) is 0 Å². The molecular weight excluding hydrogens is 354 g/mol. The minimum Gasteiger partial charge on any atom is -0.504 e. The maximum absolute atomic E-state index is 11.8. The number of hydrogen-bond acceptors (Lipinski definition) is 7. The Labute approximate surface area is 155 Å². The largest absolute Gasteiger partial charge is 0.504 e. The van der Waals surface area contributed by atoms with Crippen LogP contribution in [0.4, 0.5) is 5.69 Å². The molecule has 0 radical (unpaired) electrons. The van der Waals surface area contributed by atoms with Gasteiger partial charge in [0, 0.05) is 11.6 Å². The Morgan fingerprint density at radius 3 is 2.67 bits per heavy atom. The quantitative estimate of drug-likeness (QED) is 0.436. The molecule has 1 amide bonds. The van der Waals surface area contributed by atoms with Gasteiger partial charge in [-0.2, -0.15) is 5.10 Å². The Morgan fingerprint density at radius 2 is 2.04 bits per heavy atom. The van der Waals surface area contributed by atoms with E-state index < -0.39 is 10.8 Å². The third kappa shape index (κ3) is 5.18. The van der Waals surface area contributed by atoms with Gasteiger partial charge in [0.1, 0.15) is 5.75 Å². The lowest BCUT2D eigenvalue weighted by molar-refractivity contribution is -0.385. The molecule has 0 aromatic heterocycles. The van der Waals surface area contributed by atoms with Crippen LogP contribution in [0.5, 0.6) is 17.2 Å². The molecule has 0 unspecified atom stereocenters. The molecule has 2 aromatic carbocycles. The first-order chi connectivity index (χ1) is 12.8. The van der Waals surface area contributed by atoms with E-state index in [-0.39, 0.29) is 29.4 Å². The second kappa shape index (κ2) is 8.65. The van der Waals surface area contributed by atoms with Crippen molar-refractivity contribution in [2.45, 2.75) is 13.8 Å². The topological polar surface area (TPSA) is 123 Å². The number of phenolic OH excluding ortho intramolecular Hbond substituents is 1. The highest BCUT2D eigenvalue weighted by molar-refractivity contribution is 5.87. The molecule has 0 aliphatic heterocycles. The van der Waals surface area contributed by atoms with Crippen LogP contribution in [0.25, 0.3) is 0 Å². The number of aromatic hydroxyl groups is 1. The van der Waals surface area contributed by atoms with Crippen LogP contribution in [0, 0.1) is 24.0 Å². The number of benzene rings is 2. The molecule has 0 bridgehead atoms. The van der Waals surface area contributed by atoms with Crippen LogP contribution in [0.3, 0.4) is 0 Å². The fourth-order valence-electron chi connectivity index (χ4n) is 2.28. The van der Waals surface area contributed by atoms with Crippen molar-refractivity contribution >= 4 is 17.8 Å². The monoisotopic (exact) mass is 373 g/mol. The van der Waals surface area contributed by atoms with Crippen LogP contribution in [0.1, 0.15) is 16.7 Å². The van der Waals surface area contributed by atoms with E-state index in [1.807, 2.05) is 26.0 Å². The third-order valence-electron chi connectivity index (χ3n) is 3.60. The number of hydrazone groups is 1. The van der Waals surface area contributed by atoms with E-state index >= 15 is 0 Å². The molecule has 9 nitrogen and oxygen atoms in total. The molecule has 27 heavy (non-hydrogen) atoms. The number of hydrogen-bond donors (Lipinski definition) is 2. The summed E-state index contributed by atoms with van der Waals surface area (Å²) in [5.74, 6) is -0.341. The average molecular weight is 373 g/mol. The number of methoxy groups -OCH3 is 1. The Bertz CT molecular complexity index is 895. The van der Waals surface area contributed by atoms with E-state index in [1.54, 1.807) is 6.07 Å². The first kappa shape index (κ1) is 19.7. The molecule has 0 heterocycles. The summed E-state index contributed by atoms with van der Waals surface area (Å²) >= 11 is 0. The zero-order valence-electron chi connectivity index (χ0n) is 15.1.